The quantitative estimate of drug-likeness (QED) is 0.586. The summed E-state index contributed by atoms with van der Waals surface area (Å²) in [7, 11) is 0. The lowest BCUT2D eigenvalue weighted by atomic mass is 9.95. The van der Waals surface area contributed by atoms with Crippen molar-refractivity contribution in [3.05, 3.63) is 34.0 Å². The Kier molecular flexibility index (Phi) is 6.22. The average molecular weight is 407 g/mol. The molecule has 0 unspecified atom stereocenters. The van der Waals surface area contributed by atoms with Gasteiger partial charge in [-0.15, -0.1) is 11.3 Å². The van der Waals surface area contributed by atoms with Crippen molar-refractivity contribution in [2.75, 3.05) is 11.9 Å². The summed E-state index contributed by atoms with van der Waals surface area (Å²) in [6.45, 7) is 4.71. The molecule has 0 spiro atoms. The van der Waals surface area contributed by atoms with E-state index in [-0.39, 0.29) is 17.0 Å². The van der Waals surface area contributed by atoms with E-state index in [1.165, 1.54) is 22.4 Å². The van der Waals surface area contributed by atoms with Crippen LogP contribution in [0.25, 0.3) is 0 Å². The Bertz CT molecular complexity index is 872. The van der Waals surface area contributed by atoms with Gasteiger partial charge in [-0.05, 0) is 57.3 Å². The molecule has 2 aromatic heterocycles. The smallest absolute Gasteiger partial charge is 0.341 e. The highest BCUT2D eigenvalue weighted by Gasteiger charge is 2.27. The Hall–Kier alpha value is -2.26. The van der Waals surface area contributed by atoms with Crippen molar-refractivity contribution in [3.63, 3.8) is 0 Å². The first kappa shape index (κ1) is 19.5. The standard InChI is InChI=1S/C18H22N4O3S2/c1-3-22-10-11(9-19-22)15(23)20-18(26)21-16-14(17(24)25-4-2)12-7-5-6-8-13(12)27-16/h9-10H,3-8H2,1-2H3,(H2,20,21,23,26). The first-order valence-electron chi connectivity index (χ1n) is 8.99. The van der Waals surface area contributed by atoms with E-state index in [1.54, 1.807) is 17.8 Å². The minimum Gasteiger partial charge on any atom is -0.462 e. The van der Waals surface area contributed by atoms with Crippen LogP contribution in [0.5, 0.6) is 0 Å². The fourth-order valence-electron chi connectivity index (χ4n) is 3.04. The van der Waals surface area contributed by atoms with E-state index in [0.717, 1.165) is 31.2 Å². The molecule has 0 fully saturated rings. The lowest BCUT2D eigenvalue weighted by Crippen LogP contribution is -2.34. The highest BCUT2D eigenvalue weighted by atomic mass is 32.1. The SMILES string of the molecule is CCOC(=O)c1c(NC(=S)NC(=O)c2cnn(CC)c2)sc2c1CCCC2. The molecule has 1 aliphatic carbocycles. The van der Waals surface area contributed by atoms with Crippen molar-refractivity contribution in [2.45, 2.75) is 46.1 Å². The van der Waals surface area contributed by atoms with E-state index >= 15 is 0 Å². The Morgan fingerprint density at radius 1 is 1.33 bits per heavy atom. The summed E-state index contributed by atoms with van der Waals surface area (Å²) < 4.78 is 6.89. The van der Waals surface area contributed by atoms with E-state index in [0.29, 0.717) is 29.3 Å². The van der Waals surface area contributed by atoms with Gasteiger partial charge in [-0.3, -0.25) is 14.8 Å². The number of rotatable bonds is 5. The number of esters is 1. The highest BCUT2D eigenvalue weighted by molar-refractivity contribution is 7.80. The zero-order valence-corrected chi connectivity index (χ0v) is 17.0. The molecule has 0 aromatic carbocycles. The first-order valence-corrected chi connectivity index (χ1v) is 10.2. The number of hydrogen-bond donors (Lipinski definition) is 2. The number of carbonyl (C=O) groups is 2. The Morgan fingerprint density at radius 3 is 2.81 bits per heavy atom. The molecule has 3 rings (SSSR count). The summed E-state index contributed by atoms with van der Waals surface area (Å²) in [5, 5.41) is 10.5. The van der Waals surface area contributed by atoms with Crippen molar-refractivity contribution in [1.29, 1.82) is 0 Å². The topological polar surface area (TPSA) is 85.2 Å². The molecule has 1 aliphatic rings. The van der Waals surface area contributed by atoms with Crippen molar-refractivity contribution in [1.82, 2.24) is 15.1 Å². The van der Waals surface area contributed by atoms with Gasteiger partial charge in [0, 0.05) is 17.6 Å². The van der Waals surface area contributed by atoms with Gasteiger partial charge in [0.25, 0.3) is 5.91 Å². The second-order valence-electron chi connectivity index (χ2n) is 6.13. The third-order valence-corrected chi connectivity index (χ3v) is 5.74. The summed E-state index contributed by atoms with van der Waals surface area (Å²) >= 11 is 6.79. The van der Waals surface area contributed by atoms with Gasteiger partial charge < -0.3 is 10.1 Å². The molecule has 27 heavy (non-hydrogen) atoms. The lowest BCUT2D eigenvalue weighted by molar-refractivity contribution is 0.0526. The number of hydrogen-bond acceptors (Lipinski definition) is 6. The number of thiophene rings is 1. The fraction of sp³-hybridized carbons (Fsp3) is 0.444. The maximum absolute atomic E-state index is 12.5. The van der Waals surface area contributed by atoms with Gasteiger partial charge in [-0.1, -0.05) is 0 Å². The number of aryl methyl sites for hydroxylation is 2. The van der Waals surface area contributed by atoms with Gasteiger partial charge >= 0.3 is 5.97 Å². The fourth-order valence-corrected chi connectivity index (χ4v) is 4.58. The molecule has 0 aliphatic heterocycles. The average Bonchev–Trinajstić information content (AvgIpc) is 3.26. The van der Waals surface area contributed by atoms with Gasteiger partial charge in [0.05, 0.1) is 23.9 Å². The molecule has 2 N–H and O–H groups in total. The van der Waals surface area contributed by atoms with Gasteiger partial charge in [0.2, 0.25) is 0 Å². The zero-order chi connectivity index (χ0) is 19.4. The molecule has 0 bridgehead atoms. The number of aromatic nitrogens is 2. The lowest BCUT2D eigenvalue weighted by Gasteiger charge is -2.12. The number of amides is 1. The highest BCUT2D eigenvalue weighted by Crippen LogP contribution is 2.38. The molecule has 0 atom stereocenters. The summed E-state index contributed by atoms with van der Waals surface area (Å²) in [4.78, 5) is 26.0. The molecule has 0 saturated carbocycles. The Labute approximate surface area is 167 Å². The second kappa shape index (κ2) is 8.62. The number of nitrogens with zero attached hydrogens (tertiary/aromatic N) is 2. The number of carbonyl (C=O) groups excluding carboxylic acids is 2. The molecule has 2 aromatic rings. The van der Waals surface area contributed by atoms with E-state index in [9.17, 15) is 9.59 Å². The number of ether oxygens (including phenoxy) is 1. The van der Waals surface area contributed by atoms with Crippen LogP contribution in [-0.2, 0) is 24.1 Å². The summed E-state index contributed by atoms with van der Waals surface area (Å²) in [6.07, 6.45) is 7.12. The van der Waals surface area contributed by atoms with Crippen molar-refractivity contribution in [2.24, 2.45) is 0 Å². The van der Waals surface area contributed by atoms with Crippen LogP contribution in [0.15, 0.2) is 12.4 Å². The maximum atomic E-state index is 12.5. The molecule has 0 radical (unpaired) electrons. The van der Waals surface area contributed by atoms with Crippen LogP contribution >= 0.6 is 23.6 Å². The van der Waals surface area contributed by atoms with Crippen LogP contribution in [0.3, 0.4) is 0 Å². The van der Waals surface area contributed by atoms with Crippen molar-refractivity contribution in [3.8, 4) is 0 Å². The van der Waals surface area contributed by atoms with E-state index in [4.69, 9.17) is 17.0 Å². The number of fused-ring (bicyclic) bond motifs is 1. The Morgan fingerprint density at radius 2 is 2.11 bits per heavy atom. The zero-order valence-electron chi connectivity index (χ0n) is 15.3. The summed E-state index contributed by atoms with van der Waals surface area (Å²) in [5.41, 5.74) is 2.02. The number of nitrogens with one attached hydrogen (secondary N) is 2. The predicted molar refractivity (Wildman–Crippen MR) is 109 cm³/mol. The Balaban J connectivity index is 1.76. The van der Waals surface area contributed by atoms with Crippen molar-refractivity contribution < 1.29 is 14.3 Å². The molecular formula is C18H22N4O3S2. The van der Waals surface area contributed by atoms with Gasteiger partial charge in [-0.25, -0.2) is 4.79 Å². The summed E-state index contributed by atoms with van der Waals surface area (Å²) in [6, 6.07) is 0. The van der Waals surface area contributed by atoms with Gasteiger partial charge in [0.15, 0.2) is 5.11 Å². The van der Waals surface area contributed by atoms with Crippen LogP contribution in [0.1, 0.15) is 57.8 Å². The molecule has 9 heteroatoms. The second-order valence-corrected chi connectivity index (χ2v) is 7.64. The molecule has 0 saturated heterocycles. The van der Waals surface area contributed by atoms with Crippen LogP contribution < -0.4 is 10.6 Å². The predicted octanol–water partition coefficient (Wildman–Crippen LogP) is 3.15. The molecule has 7 nitrogen and oxygen atoms in total. The van der Waals surface area contributed by atoms with E-state index in [2.05, 4.69) is 15.7 Å². The molecular weight excluding hydrogens is 384 g/mol. The van der Waals surface area contributed by atoms with Gasteiger partial charge in [-0.2, -0.15) is 5.10 Å². The van der Waals surface area contributed by atoms with Crippen LogP contribution in [0.2, 0.25) is 0 Å². The number of thiocarbonyl (C=S) groups is 1. The van der Waals surface area contributed by atoms with E-state index in [1.807, 2.05) is 6.92 Å². The minimum absolute atomic E-state index is 0.147. The van der Waals surface area contributed by atoms with Crippen LogP contribution in [0.4, 0.5) is 5.00 Å². The minimum atomic E-state index is -0.349. The molecule has 1 amide bonds. The number of anilines is 1. The monoisotopic (exact) mass is 406 g/mol. The third kappa shape index (κ3) is 4.36. The largest absolute Gasteiger partial charge is 0.462 e. The third-order valence-electron chi connectivity index (χ3n) is 4.32. The van der Waals surface area contributed by atoms with Gasteiger partial charge in [0.1, 0.15) is 5.00 Å². The molecule has 144 valence electrons. The molecule has 2 heterocycles. The van der Waals surface area contributed by atoms with E-state index < -0.39 is 0 Å². The normalized spacial score (nSPS) is 13.0. The summed E-state index contributed by atoms with van der Waals surface area (Å²) in [5.74, 6) is -0.691. The van der Waals surface area contributed by atoms with Crippen molar-refractivity contribution >= 4 is 45.5 Å². The maximum Gasteiger partial charge on any atom is 0.341 e. The van der Waals surface area contributed by atoms with Crippen LogP contribution in [0, 0.1) is 0 Å². The van der Waals surface area contributed by atoms with Crippen LogP contribution in [-0.4, -0.2) is 33.4 Å². The first-order chi connectivity index (χ1) is 13.0.